The summed E-state index contributed by atoms with van der Waals surface area (Å²) in [5.74, 6) is 1.04. The Morgan fingerprint density at radius 2 is 1.87 bits per heavy atom. The quantitative estimate of drug-likeness (QED) is 0.662. The maximum Gasteiger partial charge on any atom is 0.257 e. The van der Waals surface area contributed by atoms with Crippen molar-refractivity contribution in [2.75, 3.05) is 16.8 Å². The Morgan fingerprint density at radius 3 is 2.55 bits per heavy atom. The normalized spacial score (nSPS) is 20.2. The zero-order valence-corrected chi connectivity index (χ0v) is 18.4. The lowest BCUT2D eigenvalue weighted by molar-refractivity contribution is -0.120. The predicted molar refractivity (Wildman–Crippen MR) is 121 cm³/mol. The first-order chi connectivity index (χ1) is 15.0. The first-order valence-electron chi connectivity index (χ1n) is 11.1. The van der Waals surface area contributed by atoms with Gasteiger partial charge in [0.2, 0.25) is 11.9 Å². The second-order valence-corrected chi connectivity index (χ2v) is 8.37. The van der Waals surface area contributed by atoms with E-state index in [-0.39, 0.29) is 11.8 Å². The number of aromatic nitrogens is 2. The van der Waals surface area contributed by atoms with Crippen molar-refractivity contribution in [2.24, 2.45) is 0 Å². The molecule has 0 saturated carbocycles. The van der Waals surface area contributed by atoms with E-state index < -0.39 is 0 Å². The monoisotopic (exact) mass is 422 g/mol. The van der Waals surface area contributed by atoms with Crippen LogP contribution in [0.15, 0.2) is 24.3 Å². The maximum atomic E-state index is 12.4. The van der Waals surface area contributed by atoms with E-state index in [0.717, 1.165) is 29.8 Å². The number of amides is 2. The third-order valence-corrected chi connectivity index (χ3v) is 6.00. The van der Waals surface area contributed by atoms with E-state index in [0.29, 0.717) is 48.9 Å². The van der Waals surface area contributed by atoms with Gasteiger partial charge in [0, 0.05) is 24.3 Å². The van der Waals surface area contributed by atoms with E-state index in [1.165, 1.54) is 6.42 Å². The number of hydrogen-bond donors (Lipinski definition) is 3. The average molecular weight is 423 g/mol. The highest BCUT2D eigenvalue weighted by molar-refractivity contribution is 6.02. The van der Waals surface area contributed by atoms with Crippen LogP contribution in [-0.2, 0) is 17.8 Å². The molecule has 2 aromatic rings. The third kappa shape index (κ3) is 4.47. The Kier molecular flexibility index (Phi) is 6.06. The van der Waals surface area contributed by atoms with Gasteiger partial charge < -0.3 is 20.9 Å². The highest BCUT2D eigenvalue weighted by Gasteiger charge is 2.32. The summed E-state index contributed by atoms with van der Waals surface area (Å²) in [4.78, 5) is 36.0. The fourth-order valence-corrected chi connectivity index (χ4v) is 4.42. The highest BCUT2D eigenvalue weighted by Crippen LogP contribution is 2.31. The van der Waals surface area contributed by atoms with Crippen molar-refractivity contribution in [3.05, 3.63) is 41.1 Å². The standard InChI is InChI=1S/C23H30N6O2/c1-4-24-19(30)12-16-8-10-17(11-9-16)26-21-20-18(13-25-22(20)31)27-23(28-21)29-14(2)6-5-7-15(29)3/h8-11,14-15H,4-7,12-13H2,1-3H3,(H,24,30)(H,25,31)(H,26,27,28)/t14-,15?/m0/s1. The molecule has 8 nitrogen and oxygen atoms in total. The summed E-state index contributed by atoms with van der Waals surface area (Å²) in [6, 6.07) is 8.34. The summed E-state index contributed by atoms with van der Waals surface area (Å²) in [6.45, 7) is 7.35. The van der Waals surface area contributed by atoms with E-state index in [4.69, 9.17) is 9.97 Å². The van der Waals surface area contributed by atoms with Crippen LogP contribution in [0.1, 0.15) is 61.6 Å². The molecule has 2 aliphatic rings. The molecular weight excluding hydrogens is 392 g/mol. The van der Waals surface area contributed by atoms with Crippen LogP contribution in [0.25, 0.3) is 0 Å². The largest absolute Gasteiger partial charge is 0.356 e. The molecule has 8 heteroatoms. The molecule has 2 atom stereocenters. The summed E-state index contributed by atoms with van der Waals surface area (Å²) in [7, 11) is 0. The van der Waals surface area contributed by atoms with Gasteiger partial charge in [0.05, 0.1) is 18.7 Å². The van der Waals surface area contributed by atoms with E-state index in [9.17, 15) is 9.59 Å². The summed E-state index contributed by atoms with van der Waals surface area (Å²) in [6.07, 6.45) is 3.77. The fourth-order valence-electron chi connectivity index (χ4n) is 4.42. The van der Waals surface area contributed by atoms with Gasteiger partial charge in [-0.1, -0.05) is 12.1 Å². The minimum atomic E-state index is -0.156. The number of nitrogens with one attached hydrogen (secondary N) is 3. The minimum absolute atomic E-state index is 0.00270. The number of piperidine rings is 1. The Balaban J connectivity index is 1.61. The molecule has 3 N–H and O–H groups in total. The van der Waals surface area contributed by atoms with Gasteiger partial charge in [-0.05, 0) is 57.7 Å². The molecule has 1 aromatic heterocycles. The maximum absolute atomic E-state index is 12.4. The fraction of sp³-hybridized carbons (Fsp3) is 0.478. The summed E-state index contributed by atoms with van der Waals surface area (Å²) >= 11 is 0. The molecule has 164 valence electrons. The van der Waals surface area contributed by atoms with Crippen molar-refractivity contribution in [1.29, 1.82) is 0 Å². The molecule has 1 unspecified atom stereocenters. The van der Waals surface area contributed by atoms with Crippen LogP contribution in [-0.4, -0.2) is 40.4 Å². The molecule has 1 fully saturated rings. The lowest BCUT2D eigenvalue weighted by atomic mass is 9.98. The smallest absolute Gasteiger partial charge is 0.257 e. The van der Waals surface area contributed by atoms with Gasteiger partial charge in [0.15, 0.2) is 0 Å². The number of carbonyl (C=O) groups is 2. The first kappa shape index (κ1) is 21.1. The number of likely N-dealkylation sites (N-methyl/N-ethyl adjacent to an activating group) is 1. The molecule has 0 radical (unpaired) electrons. The lowest BCUT2D eigenvalue weighted by Gasteiger charge is -2.39. The van der Waals surface area contributed by atoms with Crippen molar-refractivity contribution >= 4 is 29.3 Å². The second-order valence-electron chi connectivity index (χ2n) is 8.37. The topological polar surface area (TPSA) is 99.2 Å². The molecule has 4 rings (SSSR count). The van der Waals surface area contributed by atoms with Crippen LogP contribution in [0.5, 0.6) is 0 Å². The number of hydrogen-bond acceptors (Lipinski definition) is 6. The first-order valence-corrected chi connectivity index (χ1v) is 11.1. The molecule has 0 bridgehead atoms. The van der Waals surface area contributed by atoms with Gasteiger partial charge in [0.1, 0.15) is 11.4 Å². The van der Waals surface area contributed by atoms with Crippen LogP contribution in [0.2, 0.25) is 0 Å². The molecule has 0 aliphatic carbocycles. The molecule has 2 amide bonds. The van der Waals surface area contributed by atoms with Crippen molar-refractivity contribution < 1.29 is 9.59 Å². The van der Waals surface area contributed by atoms with Crippen molar-refractivity contribution in [2.45, 2.75) is 65.1 Å². The van der Waals surface area contributed by atoms with Crippen molar-refractivity contribution in [3.63, 3.8) is 0 Å². The van der Waals surface area contributed by atoms with E-state index >= 15 is 0 Å². The molecular formula is C23H30N6O2. The van der Waals surface area contributed by atoms with Crippen LogP contribution < -0.4 is 20.9 Å². The van der Waals surface area contributed by atoms with Crippen molar-refractivity contribution in [3.8, 4) is 0 Å². The summed E-state index contributed by atoms with van der Waals surface area (Å²) in [5.41, 5.74) is 2.98. The predicted octanol–water partition coefficient (Wildman–Crippen LogP) is 2.91. The summed E-state index contributed by atoms with van der Waals surface area (Å²) in [5, 5.41) is 8.98. The molecule has 2 aliphatic heterocycles. The molecule has 3 heterocycles. The highest BCUT2D eigenvalue weighted by atomic mass is 16.2. The Morgan fingerprint density at radius 1 is 1.16 bits per heavy atom. The average Bonchev–Trinajstić information content (AvgIpc) is 3.11. The molecule has 1 aromatic carbocycles. The number of benzene rings is 1. The Hall–Kier alpha value is -3.16. The van der Waals surface area contributed by atoms with Crippen LogP contribution in [0.3, 0.4) is 0 Å². The van der Waals surface area contributed by atoms with Crippen LogP contribution in [0.4, 0.5) is 17.5 Å². The van der Waals surface area contributed by atoms with Crippen molar-refractivity contribution in [1.82, 2.24) is 20.6 Å². The molecule has 31 heavy (non-hydrogen) atoms. The minimum Gasteiger partial charge on any atom is -0.356 e. The van der Waals surface area contributed by atoms with Gasteiger partial charge >= 0.3 is 0 Å². The lowest BCUT2D eigenvalue weighted by Crippen LogP contribution is -2.45. The van der Waals surface area contributed by atoms with Gasteiger partial charge in [-0.3, -0.25) is 9.59 Å². The third-order valence-electron chi connectivity index (χ3n) is 6.00. The number of anilines is 3. The van der Waals surface area contributed by atoms with Gasteiger partial charge in [-0.2, -0.15) is 4.98 Å². The number of carbonyl (C=O) groups excluding carboxylic acids is 2. The summed E-state index contributed by atoms with van der Waals surface area (Å²) < 4.78 is 0. The number of rotatable bonds is 6. The van der Waals surface area contributed by atoms with Crippen LogP contribution in [0, 0.1) is 0 Å². The molecule has 1 saturated heterocycles. The zero-order valence-electron chi connectivity index (χ0n) is 18.4. The number of fused-ring (bicyclic) bond motifs is 1. The number of nitrogens with zero attached hydrogens (tertiary/aromatic N) is 3. The Labute approximate surface area is 182 Å². The second kappa shape index (κ2) is 8.91. The van der Waals surface area contributed by atoms with Gasteiger partial charge in [-0.25, -0.2) is 4.98 Å². The van der Waals surface area contributed by atoms with E-state index in [1.807, 2.05) is 31.2 Å². The van der Waals surface area contributed by atoms with Crippen LogP contribution >= 0.6 is 0 Å². The SMILES string of the molecule is CCNC(=O)Cc1ccc(Nc2nc(N3C(C)CCC[C@@H]3C)nc3c2C(=O)NC3)cc1. The van der Waals surface area contributed by atoms with E-state index in [2.05, 4.69) is 34.7 Å². The zero-order chi connectivity index (χ0) is 22.0. The molecule has 0 spiro atoms. The Bertz CT molecular complexity index is 965. The van der Waals surface area contributed by atoms with E-state index in [1.54, 1.807) is 0 Å². The van der Waals surface area contributed by atoms with Gasteiger partial charge in [0.25, 0.3) is 5.91 Å². The van der Waals surface area contributed by atoms with Gasteiger partial charge in [-0.15, -0.1) is 0 Å².